The second-order valence-corrected chi connectivity index (χ2v) is 22.5. The first kappa shape index (κ1) is 74.1. The normalized spacial score (nSPS) is 19.3. The number of amides is 1. The average molecular weight is 1110 g/mol. The SMILES string of the molecule is CCCCC/C=C\C/C=C\C/C=C\CCCCCCCCCC(O)C(=O)NC(COC1OC(CO)C(O)C(O)C1OC(=O)CCCCCCCCC/C=C\C/C=C\CCCCC)C(O)/C=C/CCCCCCCCCCCCC. The van der Waals surface area contributed by atoms with E-state index in [2.05, 4.69) is 86.8 Å². The van der Waals surface area contributed by atoms with Crippen LogP contribution >= 0.6 is 0 Å². The van der Waals surface area contributed by atoms with Gasteiger partial charge in [0.05, 0.1) is 25.4 Å². The van der Waals surface area contributed by atoms with Gasteiger partial charge in [0.15, 0.2) is 12.4 Å². The van der Waals surface area contributed by atoms with Gasteiger partial charge in [0.1, 0.15) is 24.4 Å². The van der Waals surface area contributed by atoms with Crippen LogP contribution in [-0.4, -0.2) is 99.6 Å². The number of esters is 1. The van der Waals surface area contributed by atoms with Crippen LogP contribution in [0.25, 0.3) is 0 Å². The average Bonchev–Trinajstić information content (AvgIpc) is 3.49. The predicted molar refractivity (Wildman–Crippen MR) is 329 cm³/mol. The third-order valence-corrected chi connectivity index (χ3v) is 15.1. The number of carbonyl (C=O) groups excluding carboxylic acids is 2. The van der Waals surface area contributed by atoms with Crippen LogP contribution in [0, 0.1) is 0 Å². The Balaban J connectivity index is 2.68. The van der Waals surface area contributed by atoms with E-state index >= 15 is 0 Å². The first-order valence-electron chi connectivity index (χ1n) is 32.7. The molecule has 1 amide bonds. The Morgan fingerprint density at radius 2 is 0.873 bits per heavy atom. The molecule has 6 N–H and O–H groups in total. The van der Waals surface area contributed by atoms with Gasteiger partial charge in [0.25, 0.3) is 0 Å². The Labute approximate surface area is 483 Å². The second-order valence-electron chi connectivity index (χ2n) is 22.5. The fourth-order valence-electron chi connectivity index (χ4n) is 9.86. The maximum atomic E-state index is 13.5. The van der Waals surface area contributed by atoms with Gasteiger partial charge in [0.2, 0.25) is 5.91 Å². The maximum Gasteiger partial charge on any atom is 0.306 e. The molecule has 1 saturated heterocycles. The molecular formula is C68H121NO10. The van der Waals surface area contributed by atoms with Gasteiger partial charge in [0, 0.05) is 6.42 Å². The van der Waals surface area contributed by atoms with Gasteiger partial charge in [-0.1, -0.05) is 254 Å². The van der Waals surface area contributed by atoms with E-state index in [-0.39, 0.29) is 19.4 Å². The molecule has 0 aliphatic carbocycles. The van der Waals surface area contributed by atoms with E-state index in [0.29, 0.717) is 12.8 Å². The molecule has 1 aliphatic rings. The third kappa shape index (κ3) is 43.5. The van der Waals surface area contributed by atoms with Gasteiger partial charge in [-0.2, -0.15) is 0 Å². The summed E-state index contributed by atoms with van der Waals surface area (Å²) in [5.41, 5.74) is 0. The van der Waals surface area contributed by atoms with E-state index < -0.39 is 67.4 Å². The molecule has 0 aromatic carbocycles. The van der Waals surface area contributed by atoms with Crippen LogP contribution in [0.5, 0.6) is 0 Å². The van der Waals surface area contributed by atoms with E-state index in [0.717, 1.165) is 103 Å². The van der Waals surface area contributed by atoms with Crippen LogP contribution in [0.3, 0.4) is 0 Å². The molecule has 458 valence electrons. The minimum atomic E-state index is -1.62. The van der Waals surface area contributed by atoms with E-state index in [1.807, 2.05) is 6.08 Å². The Hall–Kier alpha value is -2.90. The van der Waals surface area contributed by atoms with E-state index in [4.69, 9.17) is 14.2 Å². The van der Waals surface area contributed by atoms with Gasteiger partial charge >= 0.3 is 5.97 Å². The second kappa shape index (κ2) is 55.6. The molecule has 0 aromatic heterocycles. The zero-order valence-corrected chi connectivity index (χ0v) is 50.7. The Kier molecular flexibility index (Phi) is 52.2. The van der Waals surface area contributed by atoms with Crippen molar-refractivity contribution in [3.8, 4) is 0 Å². The topological polar surface area (TPSA) is 175 Å². The fourth-order valence-corrected chi connectivity index (χ4v) is 9.86. The van der Waals surface area contributed by atoms with Gasteiger partial charge in [-0.15, -0.1) is 0 Å². The lowest BCUT2D eigenvalue weighted by atomic mass is 9.99. The first-order valence-corrected chi connectivity index (χ1v) is 32.7. The van der Waals surface area contributed by atoms with Crippen LogP contribution in [0.2, 0.25) is 0 Å². The van der Waals surface area contributed by atoms with Crippen molar-refractivity contribution < 1.29 is 49.3 Å². The highest BCUT2D eigenvalue weighted by molar-refractivity contribution is 5.80. The summed E-state index contributed by atoms with van der Waals surface area (Å²) >= 11 is 0. The molecule has 0 radical (unpaired) electrons. The summed E-state index contributed by atoms with van der Waals surface area (Å²) in [6.45, 7) is 5.74. The molecule has 11 nitrogen and oxygen atoms in total. The number of aliphatic hydroxyl groups excluding tert-OH is 5. The third-order valence-electron chi connectivity index (χ3n) is 15.1. The van der Waals surface area contributed by atoms with Crippen LogP contribution in [0.1, 0.15) is 284 Å². The molecular weight excluding hydrogens is 991 g/mol. The van der Waals surface area contributed by atoms with Crippen molar-refractivity contribution in [2.45, 2.75) is 333 Å². The van der Waals surface area contributed by atoms with Gasteiger partial charge in [-0.25, -0.2) is 0 Å². The zero-order valence-electron chi connectivity index (χ0n) is 50.7. The predicted octanol–water partition coefficient (Wildman–Crippen LogP) is 16.0. The molecule has 0 bridgehead atoms. The molecule has 79 heavy (non-hydrogen) atoms. The lowest BCUT2D eigenvalue weighted by molar-refractivity contribution is -0.305. The summed E-state index contributed by atoms with van der Waals surface area (Å²) in [5.74, 6) is -1.21. The van der Waals surface area contributed by atoms with Crippen molar-refractivity contribution in [2.75, 3.05) is 13.2 Å². The summed E-state index contributed by atoms with van der Waals surface area (Å²) < 4.78 is 17.6. The van der Waals surface area contributed by atoms with E-state index in [9.17, 15) is 35.1 Å². The minimum Gasteiger partial charge on any atom is -0.454 e. The highest BCUT2D eigenvalue weighted by Crippen LogP contribution is 2.26. The minimum absolute atomic E-state index is 0.112. The number of hydrogen-bond acceptors (Lipinski definition) is 10. The largest absolute Gasteiger partial charge is 0.454 e. The monoisotopic (exact) mass is 1110 g/mol. The number of allylic oxidation sites excluding steroid dienone is 11. The number of unbranched alkanes of at least 4 members (excludes halogenated alkanes) is 31. The van der Waals surface area contributed by atoms with E-state index in [1.165, 1.54) is 135 Å². The number of hydrogen-bond donors (Lipinski definition) is 6. The van der Waals surface area contributed by atoms with Crippen LogP contribution in [0.4, 0.5) is 0 Å². The number of aliphatic hydroxyl groups is 5. The summed E-state index contributed by atoms with van der Waals surface area (Å²) in [6, 6.07) is -1.03. The quantitative estimate of drug-likeness (QED) is 0.0195. The van der Waals surface area contributed by atoms with Crippen LogP contribution < -0.4 is 5.32 Å². The highest BCUT2D eigenvalue weighted by Gasteiger charge is 2.47. The van der Waals surface area contributed by atoms with E-state index in [1.54, 1.807) is 6.08 Å². The highest BCUT2D eigenvalue weighted by atomic mass is 16.7. The Morgan fingerprint density at radius 3 is 1.33 bits per heavy atom. The summed E-state index contributed by atoms with van der Waals surface area (Å²) in [5, 5.41) is 57.1. The standard InChI is InChI=1S/C68H121NO10/c1-4-7-10-13-16-19-22-25-27-29-30-31-33-34-37-40-43-46-49-52-55-61(72)67(76)69-59(60(71)54-51-48-45-42-39-36-24-21-18-15-12-9-6-3)58-77-68-66(65(75)64(74)62(57-70)78-68)79-63(73)56-53-50-47-44-41-38-35-32-28-26-23-20-17-14-11-8-5-2/h16-17,19-20,25-28,30-31,51,54,59-62,64-66,68,70-72,74-75H,4-15,18,21-24,29,32-50,52-53,55-58H2,1-3H3,(H,69,76)/b19-16-,20-17-,27-25-,28-26-,31-30-,54-51+. The van der Waals surface area contributed by atoms with Gasteiger partial charge < -0.3 is 45.1 Å². The van der Waals surface area contributed by atoms with Crippen molar-refractivity contribution in [3.63, 3.8) is 0 Å². The molecule has 0 saturated carbocycles. The summed E-state index contributed by atoms with van der Waals surface area (Å²) in [7, 11) is 0. The number of ether oxygens (including phenoxy) is 3. The molecule has 8 atom stereocenters. The summed E-state index contributed by atoms with van der Waals surface area (Å²) in [4.78, 5) is 26.6. The molecule has 1 heterocycles. The van der Waals surface area contributed by atoms with Crippen molar-refractivity contribution in [2.24, 2.45) is 0 Å². The molecule has 11 heteroatoms. The maximum absolute atomic E-state index is 13.5. The van der Waals surface area contributed by atoms with Gasteiger partial charge in [-0.05, 0) is 96.3 Å². The zero-order chi connectivity index (χ0) is 57.5. The smallest absolute Gasteiger partial charge is 0.306 e. The molecule has 0 aromatic rings. The van der Waals surface area contributed by atoms with Crippen molar-refractivity contribution in [1.82, 2.24) is 5.32 Å². The lowest BCUT2D eigenvalue weighted by Crippen LogP contribution is -2.61. The molecule has 1 fully saturated rings. The van der Waals surface area contributed by atoms with Crippen molar-refractivity contribution in [3.05, 3.63) is 72.9 Å². The molecule has 0 spiro atoms. The molecule has 1 aliphatic heterocycles. The summed E-state index contributed by atoms with van der Waals surface area (Å²) in [6.07, 6.45) is 60.7. The van der Waals surface area contributed by atoms with Crippen LogP contribution in [-0.2, 0) is 23.8 Å². The van der Waals surface area contributed by atoms with Crippen LogP contribution in [0.15, 0.2) is 72.9 Å². The Bertz CT molecular complexity index is 1560. The first-order chi connectivity index (χ1) is 38.7. The van der Waals surface area contributed by atoms with Gasteiger partial charge in [-0.3, -0.25) is 9.59 Å². The molecule has 8 unspecified atom stereocenters. The fraction of sp³-hybridized carbons (Fsp3) is 0.794. The lowest BCUT2D eigenvalue weighted by Gasteiger charge is -2.41. The van der Waals surface area contributed by atoms with Crippen molar-refractivity contribution in [1.29, 1.82) is 0 Å². The molecule has 1 rings (SSSR count). The number of rotatable bonds is 55. The van der Waals surface area contributed by atoms with Crippen molar-refractivity contribution >= 4 is 11.9 Å². The number of nitrogens with one attached hydrogen (secondary N) is 1. The Morgan fingerprint density at radius 1 is 0.494 bits per heavy atom. The number of carbonyl (C=O) groups is 2.